The minimum Gasteiger partial charge on any atom is -0.294 e. The van der Waals surface area contributed by atoms with Crippen molar-refractivity contribution in [3.05, 3.63) is 70.8 Å². The Labute approximate surface area is 156 Å². The summed E-state index contributed by atoms with van der Waals surface area (Å²) in [4.78, 5) is 38.1. The highest BCUT2D eigenvalue weighted by molar-refractivity contribution is 7.85. The molecule has 2 aromatic rings. The van der Waals surface area contributed by atoms with Crippen molar-refractivity contribution >= 4 is 27.7 Å². The molecule has 0 unspecified atom stereocenters. The van der Waals surface area contributed by atoms with Crippen LogP contribution in [0.15, 0.2) is 48.5 Å². The van der Waals surface area contributed by atoms with E-state index in [1.54, 1.807) is 42.5 Å². The number of Topliss-reactive ketones (excluding diaryl/α,β-unsaturated/α-hetero) is 1. The maximum atomic E-state index is 12.4. The van der Waals surface area contributed by atoms with Crippen LogP contribution in [0.2, 0.25) is 0 Å². The van der Waals surface area contributed by atoms with Gasteiger partial charge in [0.05, 0.1) is 24.0 Å². The first-order chi connectivity index (χ1) is 12.8. The standard InChI is InChI=1S/C19H17NO6S/c1-27(24,25)26-12-13-5-4-6-14(11-13)17(21)9-10-20-18(22)15-7-2-3-8-16(15)19(20)23/h2-8,11H,9-10,12H2,1H3. The Morgan fingerprint density at radius 3 is 2.22 bits per heavy atom. The Bertz CT molecular complexity index is 993. The van der Waals surface area contributed by atoms with Gasteiger partial charge in [0.1, 0.15) is 0 Å². The average Bonchev–Trinajstić information content (AvgIpc) is 2.89. The third kappa shape index (κ3) is 4.29. The van der Waals surface area contributed by atoms with Crippen LogP contribution in [0, 0.1) is 0 Å². The molecule has 0 saturated heterocycles. The number of hydrogen-bond acceptors (Lipinski definition) is 6. The molecule has 3 rings (SSSR count). The summed E-state index contributed by atoms with van der Waals surface area (Å²) in [6.45, 7) is -0.187. The summed E-state index contributed by atoms with van der Waals surface area (Å²) in [6.07, 6.45) is 0.923. The molecule has 1 heterocycles. The molecule has 7 nitrogen and oxygen atoms in total. The van der Waals surface area contributed by atoms with Gasteiger partial charge < -0.3 is 0 Å². The molecule has 0 radical (unpaired) electrons. The van der Waals surface area contributed by atoms with E-state index in [-0.39, 0.29) is 25.4 Å². The second-order valence-electron chi connectivity index (χ2n) is 6.15. The van der Waals surface area contributed by atoms with Gasteiger partial charge in [0, 0.05) is 18.5 Å². The lowest BCUT2D eigenvalue weighted by Crippen LogP contribution is -2.31. The number of imide groups is 1. The second kappa shape index (κ2) is 7.42. The van der Waals surface area contributed by atoms with Crippen LogP contribution in [-0.2, 0) is 20.9 Å². The summed E-state index contributed by atoms with van der Waals surface area (Å²) < 4.78 is 26.9. The quantitative estimate of drug-likeness (QED) is 0.410. The highest BCUT2D eigenvalue weighted by Crippen LogP contribution is 2.22. The van der Waals surface area contributed by atoms with E-state index < -0.39 is 21.9 Å². The summed E-state index contributed by atoms with van der Waals surface area (Å²) >= 11 is 0. The lowest BCUT2D eigenvalue weighted by molar-refractivity contribution is 0.0649. The molecule has 0 saturated carbocycles. The Hall–Kier alpha value is -2.84. The van der Waals surface area contributed by atoms with Crippen LogP contribution in [0.3, 0.4) is 0 Å². The van der Waals surface area contributed by atoms with E-state index in [4.69, 9.17) is 4.18 Å². The summed E-state index contributed by atoms with van der Waals surface area (Å²) in [7, 11) is -3.58. The van der Waals surface area contributed by atoms with Gasteiger partial charge in [0.25, 0.3) is 21.9 Å². The van der Waals surface area contributed by atoms with E-state index in [0.29, 0.717) is 22.3 Å². The van der Waals surface area contributed by atoms with Crippen LogP contribution in [0.1, 0.15) is 43.1 Å². The van der Waals surface area contributed by atoms with Crippen molar-refractivity contribution in [3.63, 3.8) is 0 Å². The largest absolute Gasteiger partial charge is 0.294 e. The zero-order chi connectivity index (χ0) is 19.6. The molecule has 27 heavy (non-hydrogen) atoms. The van der Waals surface area contributed by atoms with Crippen LogP contribution in [0.5, 0.6) is 0 Å². The molecule has 1 aliphatic heterocycles. The Morgan fingerprint density at radius 1 is 1.00 bits per heavy atom. The first kappa shape index (κ1) is 18.9. The molecule has 0 aliphatic carbocycles. The van der Waals surface area contributed by atoms with Crippen molar-refractivity contribution in [1.29, 1.82) is 0 Å². The van der Waals surface area contributed by atoms with Gasteiger partial charge in [-0.2, -0.15) is 8.42 Å². The zero-order valence-electron chi connectivity index (χ0n) is 14.5. The molecular weight excluding hydrogens is 370 g/mol. The van der Waals surface area contributed by atoms with Crippen LogP contribution in [0.25, 0.3) is 0 Å². The lowest BCUT2D eigenvalue weighted by atomic mass is 10.1. The first-order valence-corrected chi connectivity index (χ1v) is 10.00. The smallest absolute Gasteiger partial charge is 0.264 e. The first-order valence-electron chi connectivity index (χ1n) is 8.18. The minimum atomic E-state index is -3.58. The number of carbonyl (C=O) groups is 3. The molecule has 8 heteroatoms. The fraction of sp³-hybridized carbons (Fsp3) is 0.211. The SMILES string of the molecule is CS(=O)(=O)OCc1cccc(C(=O)CCN2C(=O)c3ccccc3C2=O)c1. The number of hydrogen-bond donors (Lipinski definition) is 0. The predicted octanol–water partition coefficient (Wildman–Crippen LogP) is 2.03. The minimum absolute atomic E-state index is 0.0186. The third-order valence-corrected chi connectivity index (χ3v) is 4.68. The predicted molar refractivity (Wildman–Crippen MR) is 96.8 cm³/mol. The molecule has 0 N–H and O–H groups in total. The van der Waals surface area contributed by atoms with Crippen LogP contribution >= 0.6 is 0 Å². The zero-order valence-corrected chi connectivity index (χ0v) is 15.4. The summed E-state index contributed by atoms with van der Waals surface area (Å²) in [6, 6.07) is 12.9. The van der Waals surface area contributed by atoms with Gasteiger partial charge in [-0.05, 0) is 23.8 Å². The molecule has 140 valence electrons. The van der Waals surface area contributed by atoms with Crippen molar-refractivity contribution in [1.82, 2.24) is 4.90 Å². The van der Waals surface area contributed by atoms with Crippen molar-refractivity contribution in [2.45, 2.75) is 13.0 Å². The Balaban J connectivity index is 1.65. The van der Waals surface area contributed by atoms with Gasteiger partial charge in [-0.15, -0.1) is 0 Å². The maximum absolute atomic E-state index is 12.4. The molecule has 2 aromatic carbocycles. The van der Waals surface area contributed by atoms with E-state index in [1.807, 2.05) is 0 Å². The van der Waals surface area contributed by atoms with E-state index in [1.165, 1.54) is 6.07 Å². The van der Waals surface area contributed by atoms with Crippen LogP contribution < -0.4 is 0 Å². The molecule has 0 atom stereocenters. The Kier molecular flexibility index (Phi) is 5.20. The van der Waals surface area contributed by atoms with E-state index >= 15 is 0 Å². The van der Waals surface area contributed by atoms with Gasteiger partial charge in [-0.1, -0.05) is 30.3 Å². The van der Waals surface area contributed by atoms with Gasteiger partial charge in [-0.3, -0.25) is 23.5 Å². The monoisotopic (exact) mass is 387 g/mol. The van der Waals surface area contributed by atoms with E-state index in [2.05, 4.69) is 0 Å². The van der Waals surface area contributed by atoms with E-state index in [0.717, 1.165) is 11.2 Å². The van der Waals surface area contributed by atoms with E-state index in [9.17, 15) is 22.8 Å². The van der Waals surface area contributed by atoms with Crippen molar-refractivity contribution in [2.75, 3.05) is 12.8 Å². The van der Waals surface area contributed by atoms with Gasteiger partial charge >= 0.3 is 0 Å². The fourth-order valence-corrected chi connectivity index (χ4v) is 3.16. The number of amides is 2. The highest BCUT2D eigenvalue weighted by Gasteiger charge is 2.34. The molecule has 0 aromatic heterocycles. The molecule has 2 amide bonds. The second-order valence-corrected chi connectivity index (χ2v) is 7.79. The number of rotatable bonds is 7. The topological polar surface area (TPSA) is 97.8 Å². The van der Waals surface area contributed by atoms with Crippen LogP contribution in [0.4, 0.5) is 0 Å². The highest BCUT2D eigenvalue weighted by atomic mass is 32.2. The van der Waals surface area contributed by atoms with Gasteiger partial charge in [0.15, 0.2) is 5.78 Å². The van der Waals surface area contributed by atoms with Gasteiger partial charge in [-0.25, -0.2) is 0 Å². The van der Waals surface area contributed by atoms with Gasteiger partial charge in [0.2, 0.25) is 0 Å². The Morgan fingerprint density at radius 2 is 1.63 bits per heavy atom. The molecule has 0 bridgehead atoms. The number of benzene rings is 2. The molecular formula is C19H17NO6S. The third-order valence-electron chi connectivity index (χ3n) is 4.13. The molecule has 0 fully saturated rings. The average molecular weight is 387 g/mol. The number of ketones is 1. The van der Waals surface area contributed by atoms with Crippen LogP contribution in [-0.4, -0.2) is 43.7 Å². The summed E-state index contributed by atoms with van der Waals surface area (Å²) in [5, 5.41) is 0. The number of carbonyl (C=O) groups excluding carboxylic acids is 3. The fourth-order valence-electron chi connectivity index (χ4n) is 2.81. The number of nitrogens with zero attached hydrogens (tertiary/aromatic N) is 1. The van der Waals surface area contributed by atoms with Crippen molar-refractivity contribution in [2.24, 2.45) is 0 Å². The van der Waals surface area contributed by atoms with Crippen molar-refractivity contribution in [3.8, 4) is 0 Å². The maximum Gasteiger partial charge on any atom is 0.264 e. The molecule has 0 spiro atoms. The summed E-state index contributed by atoms with van der Waals surface area (Å²) in [5.41, 5.74) is 1.58. The lowest BCUT2D eigenvalue weighted by Gasteiger charge is -2.13. The molecule has 1 aliphatic rings. The number of fused-ring (bicyclic) bond motifs is 1. The van der Waals surface area contributed by atoms with Crippen molar-refractivity contribution < 1.29 is 27.0 Å². The summed E-state index contributed by atoms with van der Waals surface area (Å²) in [5.74, 6) is -1.06. The normalized spacial score (nSPS) is 13.7.